The molecule has 3 heteroatoms. The monoisotopic (exact) mass is 219 g/mol. The Kier molecular flexibility index (Phi) is 2.57. The van der Waals surface area contributed by atoms with E-state index in [1.54, 1.807) is 0 Å². The molecule has 1 aromatic rings. The fourth-order valence-corrected chi connectivity index (χ4v) is 1.33. The zero-order chi connectivity index (χ0) is 7.56. The standard InChI is InChI=1S/C7H7BrClN/c8-7(9)5-3-1-2-4-6(5)10/h1-4,7H,10H2. The van der Waals surface area contributed by atoms with E-state index in [1.165, 1.54) is 0 Å². The molecule has 0 aliphatic carbocycles. The minimum Gasteiger partial charge on any atom is -0.398 e. The lowest BCUT2D eigenvalue weighted by Gasteiger charge is -2.03. The third-order valence-corrected chi connectivity index (χ3v) is 1.96. The van der Waals surface area contributed by atoms with Crippen LogP contribution in [0.2, 0.25) is 0 Å². The summed E-state index contributed by atoms with van der Waals surface area (Å²) in [7, 11) is 0. The normalized spacial score (nSPS) is 13.0. The van der Waals surface area contributed by atoms with Crippen molar-refractivity contribution < 1.29 is 0 Å². The third-order valence-electron chi connectivity index (χ3n) is 1.23. The topological polar surface area (TPSA) is 26.0 Å². The smallest absolute Gasteiger partial charge is 0.115 e. The first-order valence-electron chi connectivity index (χ1n) is 2.84. The van der Waals surface area contributed by atoms with Crippen LogP contribution in [0, 0.1) is 0 Å². The number of hydrogen-bond acceptors (Lipinski definition) is 1. The molecule has 10 heavy (non-hydrogen) atoms. The molecule has 1 atom stereocenters. The Labute approximate surface area is 73.3 Å². The molecule has 0 amide bonds. The summed E-state index contributed by atoms with van der Waals surface area (Å²) in [5, 5.41) is 0. The number of nitrogens with two attached hydrogens (primary N) is 1. The lowest BCUT2D eigenvalue weighted by atomic mass is 10.2. The van der Waals surface area contributed by atoms with Crippen molar-refractivity contribution in [1.29, 1.82) is 0 Å². The van der Waals surface area contributed by atoms with Crippen molar-refractivity contribution in [3.05, 3.63) is 29.8 Å². The number of alkyl halides is 2. The molecule has 0 aliphatic rings. The Morgan fingerprint density at radius 1 is 1.40 bits per heavy atom. The van der Waals surface area contributed by atoms with Crippen LogP contribution in [0.15, 0.2) is 24.3 Å². The molecular weight excluding hydrogens is 213 g/mol. The van der Waals surface area contributed by atoms with E-state index in [1.807, 2.05) is 24.3 Å². The molecule has 0 saturated carbocycles. The van der Waals surface area contributed by atoms with Gasteiger partial charge < -0.3 is 5.73 Å². The molecule has 0 bridgehead atoms. The fourth-order valence-electron chi connectivity index (χ4n) is 0.710. The van der Waals surface area contributed by atoms with Crippen molar-refractivity contribution in [2.75, 3.05) is 5.73 Å². The van der Waals surface area contributed by atoms with Crippen LogP contribution >= 0.6 is 27.5 Å². The van der Waals surface area contributed by atoms with E-state index >= 15 is 0 Å². The number of anilines is 1. The zero-order valence-corrected chi connectivity index (χ0v) is 7.56. The highest BCUT2D eigenvalue weighted by Crippen LogP contribution is 2.30. The Bertz CT molecular complexity index is 225. The highest BCUT2D eigenvalue weighted by Gasteiger charge is 2.04. The van der Waals surface area contributed by atoms with Crippen molar-refractivity contribution in [1.82, 2.24) is 0 Å². The SMILES string of the molecule is Nc1ccccc1C(Cl)Br. The first kappa shape index (κ1) is 7.89. The Hall–Kier alpha value is -0.210. The number of nitrogen functional groups attached to an aromatic ring is 1. The summed E-state index contributed by atoms with van der Waals surface area (Å²) in [6.07, 6.45) is 0. The van der Waals surface area contributed by atoms with Gasteiger partial charge in [-0.3, -0.25) is 0 Å². The lowest BCUT2D eigenvalue weighted by molar-refractivity contribution is 1.39. The first-order valence-corrected chi connectivity index (χ1v) is 4.19. The average molecular weight is 220 g/mol. The van der Waals surface area contributed by atoms with Gasteiger partial charge in [-0.15, -0.1) is 11.6 Å². The van der Waals surface area contributed by atoms with Crippen LogP contribution < -0.4 is 5.73 Å². The van der Waals surface area contributed by atoms with E-state index in [0.29, 0.717) is 0 Å². The zero-order valence-electron chi connectivity index (χ0n) is 5.22. The van der Waals surface area contributed by atoms with Crippen LogP contribution in [0.25, 0.3) is 0 Å². The van der Waals surface area contributed by atoms with Gasteiger partial charge >= 0.3 is 0 Å². The van der Waals surface area contributed by atoms with Crippen LogP contribution in [0.4, 0.5) is 5.69 Å². The minimum atomic E-state index is -0.186. The van der Waals surface area contributed by atoms with Crippen LogP contribution in [-0.4, -0.2) is 0 Å². The molecule has 54 valence electrons. The van der Waals surface area contributed by atoms with Crippen molar-refractivity contribution >= 4 is 33.2 Å². The van der Waals surface area contributed by atoms with Gasteiger partial charge in [-0.1, -0.05) is 34.1 Å². The Balaban J connectivity index is 3.03. The van der Waals surface area contributed by atoms with Crippen LogP contribution in [0.1, 0.15) is 9.85 Å². The van der Waals surface area contributed by atoms with E-state index in [9.17, 15) is 0 Å². The van der Waals surface area contributed by atoms with Gasteiger partial charge in [0.15, 0.2) is 0 Å². The number of rotatable bonds is 1. The van der Waals surface area contributed by atoms with Crippen molar-refractivity contribution in [2.45, 2.75) is 4.29 Å². The van der Waals surface area contributed by atoms with Gasteiger partial charge in [0.2, 0.25) is 0 Å². The van der Waals surface area contributed by atoms with E-state index in [-0.39, 0.29) is 4.29 Å². The lowest BCUT2D eigenvalue weighted by Crippen LogP contribution is -1.91. The molecule has 0 heterocycles. The van der Waals surface area contributed by atoms with Gasteiger partial charge in [0, 0.05) is 11.3 Å². The first-order chi connectivity index (χ1) is 4.72. The second kappa shape index (κ2) is 3.26. The van der Waals surface area contributed by atoms with Gasteiger partial charge in [0.1, 0.15) is 4.29 Å². The number of hydrogen-bond donors (Lipinski definition) is 1. The van der Waals surface area contributed by atoms with Crippen molar-refractivity contribution in [3.8, 4) is 0 Å². The van der Waals surface area contributed by atoms with Gasteiger partial charge in [-0.25, -0.2) is 0 Å². The second-order valence-electron chi connectivity index (χ2n) is 1.93. The number of para-hydroxylation sites is 1. The molecule has 1 rings (SSSR count). The maximum atomic E-state index is 5.75. The molecule has 0 saturated heterocycles. The molecule has 0 aromatic heterocycles. The molecule has 1 nitrogen and oxygen atoms in total. The van der Waals surface area contributed by atoms with Crippen LogP contribution in [0.5, 0.6) is 0 Å². The number of benzene rings is 1. The summed E-state index contributed by atoms with van der Waals surface area (Å²) in [5.41, 5.74) is 7.25. The molecule has 1 unspecified atom stereocenters. The van der Waals surface area contributed by atoms with E-state index in [0.717, 1.165) is 11.3 Å². The third kappa shape index (κ3) is 1.64. The van der Waals surface area contributed by atoms with Gasteiger partial charge in [-0.05, 0) is 6.07 Å². The quantitative estimate of drug-likeness (QED) is 0.572. The summed E-state index contributed by atoms with van der Waals surface area (Å²) in [5.74, 6) is 0. The molecule has 1 aromatic carbocycles. The summed E-state index contributed by atoms with van der Waals surface area (Å²) >= 11 is 8.96. The Morgan fingerprint density at radius 2 is 2.00 bits per heavy atom. The number of halogens is 2. The maximum absolute atomic E-state index is 5.75. The minimum absolute atomic E-state index is 0.186. The van der Waals surface area contributed by atoms with E-state index in [2.05, 4.69) is 15.9 Å². The van der Waals surface area contributed by atoms with E-state index in [4.69, 9.17) is 17.3 Å². The predicted molar refractivity (Wildman–Crippen MR) is 48.4 cm³/mol. The predicted octanol–water partition coefficient (Wildman–Crippen LogP) is 2.90. The molecule has 0 fully saturated rings. The van der Waals surface area contributed by atoms with Gasteiger partial charge in [0.05, 0.1) is 0 Å². The van der Waals surface area contributed by atoms with Crippen molar-refractivity contribution in [3.63, 3.8) is 0 Å². The Morgan fingerprint density at radius 3 is 2.40 bits per heavy atom. The fraction of sp³-hybridized carbons (Fsp3) is 0.143. The second-order valence-corrected chi connectivity index (χ2v) is 3.81. The summed E-state index contributed by atoms with van der Waals surface area (Å²) in [6, 6.07) is 7.50. The summed E-state index contributed by atoms with van der Waals surface area (Å²) < 4.78 is -0.186. The molecule has 0 aliphatic heterocycles. The molecule has 0 radical (unpaired) electrons. The molecule has 0 spiro atoms. The average Bonchev–Trinajstić information content (AvgIpc) is 1.88. The molecule has 2 N–H and O–H groups in total. The highest BCUT2D eigenvalue weighted by atomic mass is 79.9. The van der Waals surface area contributed by atoms with Crippen molar-refractivity contribution in [2.24, 2.45) is 0 Å². The van der Waals surface area contributed by atoms with Gasteiger partial charge in [0.25, 0.3) is 0 Å². The highest BCUT2D eigenvalue weighted by molar-refractivity contribution is 9.09. The maximum Gasteiger partial charge on any atom is 0.115 e. The van der Waals surface area contributed by atoms with Crippen LogP contribution in [0.3, 0.4) is 0 Å². The van der Waals surface area contributed by atoms with Gasteiger partial charge in [-0.2, -0.15) is 0 Å². The molecular formula is C7H7BrClN. The van der Waals surface area contributed by atoms with E-state index < -0.39 is 0 Å². The summed E-state index contributed by atoms with van der Waals surface area (Å²) in [6.45, 7) is 0. The van der Waals surface area contributed by atoms with Crippen LogP contribution in [-0.2, 0) is 0 Å². The summed E-state index contributed by atoms with van der Waals surface area (Å²) in [4.78, 5) is 0. The largest absolute Gasteiger partial charge is 0.398 e.